The Morgan fingerprint density at radius 1 is 1.56 bits per heavy atom. The van der Waals surface area contributed by atoms with Crippen LogP contribution in [-0.4, -0.2) is 36.8 Å². The van der Waals surface area contributed by atoms with E-state index >= 15 is 0 Å². The third-order valence-corrected chi connectivity index (χ3v) is 3.29. The highest BCUT2D eigenvalue weighted by Gasteiger charge is 2.22. The zero-order chi connectivity index (χ0) is 13.2. The fraction of sp³-hybridized carbons (Fsp3) is 0.545. The van der Waals surface area contributed by atoms with Crippen LogP contribution in [0.2, 0.25) is 5.15 Å². The Hall–Kier alpha value is -1.40. The van der Waals surface area contributed by atoms with Crippen molar-refractivity contribution in [2.24, 2.45) is 0 Å². The first-order chi connectivity index (χ1) is 8.58. The zero-order valence-electron chi connectivity index (χ0n) is 10.4. The highest BCUT2D eigenvalue weighted by Crippen LogP contribution is 2.23. The number of aromatic nitrogens is 4. The van der Waals surface area contributed by atoms with E-state index in [4.69, 9.17) is 16.7 Å². The summed E-state index contributed by atoms with van der Waals surface area (Å²) in [6.07, 6.45) is 2.93. The molecule has 0 aromatic carbocycles. The summed E-state index contributed by atoms with van der Waals surface area (Å²) in [5, 5.41) is 16.9. The van der Waals surface area contributed by atoms with E-state index in [9.17, 15) is 0 Å². The fourth-order valence-electron chi connectivity index (χ4n) is 1.76. The lowest BCUT2D eigenvalue weighted by Crippen LogP contribution is -2.36. The minimum absolute atomic E-state index is 0.122. The molecule has 0 amide bonds. The number of nitrogens with one attached hydrogen (secondary N) is 1. The van der Waals surface area contributed by atoms with Gasteiger partial charge in [0.15, 0.2) is 0 Å². The standard InChI is InChI=1S/C11H16ClN5O/c1-3-11(2,4-5-18)16-9-6-8(12)15-10-13-7-14-17(9)10/h6-7,16,18H,3-5H2,1-2H3. The minimum Gasteiger partial charge on any atom is -0.396 e. The molecule has 7 heteroatoms. The summed E-state index contributed by atoms with van der Waals surface area (Å²) in [5.41, 5.74) is -0.224. The molecule has 6 nitrogen and oxygen atoms in total. The molecule has 0 aliphatic rings. The largest absolute Gasteiger partial charge is 0.396 e. The van der Waals surface area contributed by atoms with Crippen molar-refractivity contribution in [1.29, 1.82) is 0 Å². The summed E-state index contributed by atoms with van der Waals surface area (Å²) in [7, 11) is 0. The lowest BCUT2D eigenvalue weighted by atomic mass is 9.95. The highest BCUT2D eigenvalue weighted by molar-refractivity contribution is 6.29. The molecule has 0 fully saturated rings. The first-order valence-electron chi connectivity index (χ1n) is 5.83. The molecule has 18 heavy (non-hydrogen) atoms. The van der Waals surface area contributed by atoms with Gasteiger partial charge >= 0.3 is 0 Å². The van der Waals surface area contributed by atoms with E-state index in [0.717, 1.165) is 12.2 Å². The molecule has 2 N–H and O–H groups in total. The molecule has 0 bridgehead atoms. The molecule has 0 aliphatic heterocycles. The maximum absolute atomic E-state index is 9.13. The lowest BCUT2D eigenvalue weighted by Gasteiger charge is -2.30. The van der Waals surface area contributed by atoms with Crippen molar-refractivity contribution < 1.29 is 5.11 Å². The van der Waals surface area contributed by atoms with E-state index in [1.807, 2.05) is 6.92 Å². The number of fused-ring (bicyclic) bond motifs is 1. The van der Waals surface area contributed by atoms with Crippen LogP contribution in [0.3, 0.4) is 0 Å². The molecule has 0 saturated carbocycles. The third kappa shape index (κ3) is 2.54. The summed E-state index contributed by atoms with van der Waals surface area (Å²) in [4.78, 5) is 8.07. The molecule has 2 rings (SSSR count). The van der Waals surface area contributed by atoms with Gasteiger partial charge in [0.2, 0.25) is 0 Å². The van der Waals surface area contributed by atoms with Crippen LogP contribution in [0.5, 0.6) is 0 Å². The molecule has 2 aromatic rings. The van der Waals surface area contributed by atoms with Gasteiger partial charge in [-0.2, -0.15) is 19.6 Å². The normalized spacial score (nSPS) is 14.7. The predicted octanol–water partition coefficient (Wildman–Crippen LogP) is 1.74. The summed E-state index contributed by atoms with van der Waals surface area (Å²) < 4.78 is 1.59. The van der Waals surface area contributed by atoms with Crippen molar-refractivity contribution in [2.45, 2.75) is 32.2 Å². The van der Waals surface area contributed by atoms with Crippen LogP contribution in [-0.2, 0) is 0 Å². The van der Waals surface area contributed by atoms with Gasteiger partial charge in [0.05, 0.1) is 0 Å². The Balaban J connectivity index is 2.38. The van der Waals surface area contributed by atoms with Gasteiger partial charge in [0.25, 0.3) is 5.78 Å². The highest BCUT2D eigenvalue weighted by atomic mass is 35.5. The number of aliphatic hydroxyl groups excluding tert-OH is 1. The molecule has 0 spiro atoms. The van der Waals surface area contributed by atoms with Gasteiger partial charge in [-0.15, -0.1) is 0 Å². The van der Waals surface area contributed by atoms with Crippen LogP contribution in [0.1, 0.15) is 26.7 Å². The Labute approximate surface area is 110 Å². The summed E-state index contributed by atoms with van der Waals surface area (Å²) in [6.45, 7) is 4.22. The van der Waals surface area contributed by atoms with Gasteiger partial charge in [0, 0.05) is 18.2 Å². The Morgan fingerprint density at radius 2 is 2.33 bits per heavy atom. The van der Waals surface area contributed by atoms with Crippen LogP contribution >= 0.6 is 11.6 Å². The van der Waals surface area contributed by atoms with Crippen molar-refractivity contribution in [3.05, 3.63) is 17.5 Å². The molecular weight excluding hydrogens is 254 g/mol. The summed E-state index contributed by atoms with van der Waals surface area (Å²) >= 11 is 5.95. The molecule has 0 radical (unpaired) electrons. The smallest absolute Gasteiger partial charge is 0.255 e. The third-order valence-electron chi connectivity index (χ3n) is 3.09. The number of rotatable bonds is 5. The number of halogens is 1. The first kappa shape index (κ1) is 13.0. The lowest BCUT2D eigenvalue weighted by molar-refractivity contribution is 0.251. The van der Waals surface area contributed by atoms with Crippen LogP contribution in [0.25, 0.3) is 5.78 Å². The number of nitrogens with zero attached hydrogens (tertiary/aromatic N) is 4. The Kier molecular flexibility index (Phi) is 3.68. The fourth-order valence-corrected chi connectivity index (χ4v) is 1.93. The van der Waals surface area contributed by atoms with Gasteiger partial charge in [-0.1, -0.05) is 18.5 Å². The molecule has 1 unspecified atom stereocenters. The SMILES string of the molecule is CCC(C)(CCO)Nc1cc(Cl)nc2ncnn12. The van der Waals surface area contributed by atoms with Gasteiger partial charge in [-0.05, 0) is 19.8 Å². The van der Waals surface area contributed by atoms with E-state index in [1.54, 1.807) is 10.6 Å². The Bertz CT molecular complexity index is 543. The zero-order valence-corrected chi connectivity index (χ0v) is 11.1. The van der Waals surface area contributed by atoms with Crippen LogP contribution in [0.4, 0.5) is 5.82 Å². The summed E-state index contributed by atoms with van der Waals surface area (Å²) in [6, 6.07) is 1.70. The van der Waals surface area contributed by atoms with Gasteiger partial charge in [0.1, 0.15) is 17.3 Å². The second kappa shape index (κ2) is 5.07. The average Bonchev–Trinajstić information content (AvgIpc) is 2.77. The van der Waals surface area contributed by atoms with Gasteiger partial charge < -0.3 is 10.4 Å². The quantitative estimate of drug-likeness (QED) is 0.809. The minimum atomic E-state index is -0.224. The average molecular weight is 270 g/mol. The molecule has 1 atom stereocenters. The second-order valence-electron chi connectivity index (χ2n) is 4.45. The van der Waals surface area contributed by atoms with Crippen molar-refractivity contribution in [3.8, 4) is 0 Å². The van der Waals surface area contributed by atoms with Crippen LogP contribution < -0.4 is 5.32 Å². The van der Waals surface area contributed by atoms with E-state index in [2.05, 4.69) is 27.3 Å². The predicted molar refractivity (Wildman–Crippen MR) is 69.8 cm³/mol. The van der Waals surface area contributed by atoms with E-state index in [1.165, 1.54) is 6.33 Å². The molecule has 2 heterocycles. The number of hydrogen-bond donors (Lipinski definition) is 2. The maximum Gasteiger partial charge on any atom is 0.255 e. The van der Waals surface area contributed by atoms with Crippen LogP contribution in [0, 0.1) is 0 Å². The molecular formula is C11H16ClN5O. The number of anilines is 1. The van der Waals surface area contributed by atoms with E-state index in [0.29, 0.717) is 17.4 Å². The first-order valence-corrected chi connectivity index (χ1v) is 6.21. The van der Waals surface area contributed by atoms with E-state index < -0.39 is 0 Å². The van der Waals surface area contributed by atoms with Gasteiger partial charge in [-0.3, -0.25) is 0 Å². The van der Waals surface area contributed by atoms with E-state index in [-0.39, 0.29) is 12.1 Å². The molecule has 0 aliphatic carbocycles. The number of hydrogen-bond acceptors (Lipinski definition) is 5. The Morgan fingerprint density at radius 3 is 3.00 bits per heavy atom. The van der Waals surface area contributed by atoms with Crippen molar-refractivity contribution in [1.82, 2.24) is 19.6 Å². The van der Waals surface area contributed by atoms with Crippen molar-refractivity contribution in [3.63, 3.8) is 0 Å². The molecule has 0 saturated heterocycles. The summed E-state index contributed by atoms with van der Waals surface area (Å²) in [5.74, 6) is 1.17. The van der Waals surface area contributed by atoms with Crippen molar-refractivity contribution in [2.75, 3.05) is 11.9 Å². The second-order valence-corrected chi connectivity index (χ2v) is 4.84. The van der Waals surface area contributed by atoms with Gasteiger partial charge in [-0.25, -0.2) is 0 Å². The molecule has 98 valence electrons. The molecule has 2 aromatic heterocycles. The van der Waals surface area contributed by atoms with Crippen molar-refractivity contribution >= 4 is 23.2 Å². The topological polar surface area (TPSA) is 75.3 Å². The van der Waals surface area contributed by atoms with Crippen LogP contribution in [0.15, 0.2) is 12.4 Å². The maximum atomic E-state index is 9.13. The number of aliphatic hydroxyl groups is 1. The monoisotopic (exact) mass is 269 g/mol.